The van der Waals surface area contributed by atoms with Crippen LogP contribution in [0.3, 0.4) is 0 Å². The monoisotopic (exact) mass is 294 g/mol. The molecule has 0 aliphatic carbocycles. The maximum atomic E-state index is 13.3. The van der Waals surface area contributed by atoms with Crippen molar-refractivity contribution in [2.45, 2.75) is 12.6 Å². The van der Waals surface area contributed by atoms with E-state index in [0.29, 0.717) is 0 Å². The maximum absolute atomic E-state index is 13.3. The van der Waals surface area contributed by atoms with Crippen LogP contribution in [-0.4, -0.2) is 23.6 Å². The van der Waals surface area contributed by atoms with Gasteiger partial charge in [0.25, 0.3) is 0 Å². The predicted octanol–water partition coefficient (Wildman–Crippen LogP) is 1.67. The molecule has 1 unspecified atom stereocenters. The van der Waals surface area contributed by atoms with Gasteiger partial charge in [-0.05, 0) is 6.07 Å². The molecule has 1 heterocycles. The number of amides is 1. The zero-order chi connectivity index (χ0) is 12.3. The van der Waals surface area contributed by atoms with Crippen LogP contribution in [0.1, 0.15) is 5.56 Å². The third-order valence-corrected chi connectivity index (χ3v) is 3.44. The van der Waals surface area contributed by atoms with Crippen molar-refractivity contribution in [1.82, 2.24) is 10.6 Å². The van der Waals surface area contributed by atoms with E-state index in [1.54, 1.807) is 11.8 Å². The van der Waals surface area contributed by atoms with Crippen LogP contribution < -0.4 is 10.6 Å². The fourth-order valence-electron chi connectivity index (χ4n) is 1.53. The first-order chi connectivity index (χ1) is 8.16. The second-order valence-corrected chi connectivity index (χ2v) is 4.76. The molecule has 1 aliphatic rings. The van der Waals surface area contributed by atoms with Crippen molar-refractivity contribution in [2.24, 2.45) is 0 Å². The number of rotatable bonds is 3. The Labute approximate surface area is 114 Å². The lowest BCUT2D eigenvalue weighted by Crippen LogP contribution is -2.41. The Morgan fingerprint density at radius 2 is 2.28 bits per heavy atom. The van der Waals surface area contributed by atoms with Gasteiger partial charge in [-0.3, -0.25) is 10.1 Å². The van der Waals surface area contributed by atoms with Crippen molar-refractivity contribution in [1.29, 1.82) is 0 Å². The normalized spacial score (nSPS) is 18.2. The van der Waals surface area contributed by atoms with E-state index in [0.717, 1.165) is 17.7 Å². The Hall–Kier alpha value is -0.850. The van der Waals surface area contributed by atoms with Crippen LogP contribution in [-0.2, 0) is 11.3 Å². The molecule has 1 fully saturated rings. The van der Waals surface area contributed by atoms with Gasteiger partial charge in [0, 0.05) is 29.8 Å². The van der Waals surface area contributed by atoms with Gasteiger partial charge in [-0.25, -0.2) is 8.78 Å². The number of hydrogen-bond donors (Lipinski definition) is 2. The molecule has 100 valence electrons. The molecule has 0 spiro atoms. The van der Waals surface area contributed by atoms with Crippen LogP contribution in [0.4, 0.5) is 8.78 Å². The molecule has 18 heavy (non-hydrogen) atoms. The van der Waals surface area contributed by atoms with Crippen LogP contribution in [0.25, 0.3) is 0 Å². The van der Waals surface area contributed by atoms with Crippen LogP contribution in [0.5, 0.6) is 0 Å². The summed E-state index contributed by atoms with van der Waals surface area (Å²) < 4.78 is 25.9. The highest BCUT2D eigenvalue weighted by molar-refractivity contribution is 7.99. The van der Waals surface area contributed by atoms with Gasteiger partial charge >= 0.3 is 0 Å². The van der Waals surface area contributed by atoms with E-state index < -0.39 is 11.6 Å². The summed E-state index contributed by atoms with van der Waals surface area (Å²) in [6.45, 7) is 0.0772. The molecular formula is C11H13ClF2N2OS. The number of halogens is 3. The summed E-state index contributed by atoms with van der Waals surface area (Å²) in [6, 6.07) is 3.10. The fraction of sp³-hybridized carbons (Fsp3) is 0.364. The van der Waals surface area contributed by atoms with Crippen LogP contribution >= 0.6 is 24.2 Å². The number of carbonyl (C=O) groups is 1. The number of nitrogens with one attached hydrogen (secondary N) is 2. The fourth-order valence-corrected chi connectivity index (χ4v) is 2.48. The third-order valence-electron chi connectivity index (χ3n) is 2.50. The van der Waals surface area contributed by atoms with Gasteiger partial charge < -0.3 is 5.32 Å². The molecule has 2 rings (SSSR count). The molecule has 1 aromatic carbocycles. The van der Waals surface area contributed by atoms with E-state index in [-0.39, 0.29) is 36.5 Å². The van der Waals surface area contributed by atoms with E-state index in [1.807, 2.05) is 0 Å². The van der Waals surface area contributed by atoms with E-state index in [2.05, 4.69) is 10.6 Å². The minimum absolute atomic E-state index is 0. The maximum Gasteiger partial charge on any atom is 0.238 e. The van der Waals surface area contributed by atoms with Crippen molar-refractivity contribution in [3.63, 3.8) is 0 Å². The first-order valence-electron chi connectivity index (χ1n) is 5.19. The predicted molar refractivity (Wildman–Crippen MR) is 69.7 cm³/mol. The molecule has 7 heteroatoms. The molecule has 2 N–H and O–H groups in total. The van der Waals surface area contributed by atoms with E-state index in [9.17, 15) is 13.6 Å². The number of hydrogen-bond acceptors (Lipinski definition) is 3. The molecule has 0 saturated carbocycles. The average Bonchev–Trinajstić information content (AvgIpc) is 2.81. The highest BCUT2D eigenvalue weighted by Crippen LogP contribution is 2.11. The average molecular weight is 295 g/mol. The first-order valence-corrected chi connectivity index (χ1v) is 6.35. The second-order valence-electron chi connectivity index (χ2n) is 3.73. The summed E-state index contributed by atoms with van der Waals surface area (Å²) in [7, 11) is 0. The summed E-state index contributed by atoms with van der Waals surface area (Å²) in [5.41, 5.74) is 0.283. The van der Waals surface area contributed by atoms with Crippen LogP contribution in [0, 0.1) is 11.6 Å². The molecule has 0 aromatic heterocycles. The van der Waals surface area contributed by atoms with Crippen molar-refractivity contribution in [3.8, 4) is 0 Å². The van der Waals surface area contributed by atoms with Gasteiger partial charge in [0.15, 0.2) is 0 Å². The second kappa shape index (κ2) is 6.92. The van der Waals surface area contributed by atoms with Crippen molar-refractivity contribution in [2.75, 3.05) is 11.6 Å². The number of thioether (sulfide) groups is 1. The van der Waals surface area contributed by atoms with Crippen LogP contribution in [0.2, 0.25) is 0 Å². The molecular weight excluding hydrogens is 282 g/mol. The molecule has 0 radical (unpaired) electrons. The largest absolute Gasteiger partial charge is 0.351 e. The topological polar surface area (TPSA) is 41.1 Å². The highest BCUT2D eigenvalue weighted by Gasteiger charge is 2.22. The highest BCUT2D eigenvalue weighted by atomic mass is 35.5. The Morgan fingerprint density at radius 1 is 1.50 bits per heavy atom. The summed E-state index contributed by atoms with van der Waals surface area (Å²) >= 11 is 1.64. The molecule has 1 saturated heterocycles. The van der Waals surface area contributed by atoms with Crippen molar-refractivity contribution < 1.29 is 13.6 Å². The molecule has 1 amide bonds. The van der Waals surface area contributed by atoms with Gasteiger partial charge in [0.2, 0.25) is 5.91 Å². The molecule has 1 atom stereocenters. The van der Waals surface area contributed by atoms with Gasteiger partial charge in [-0.15, -0.1) is 24.2 Å². The smallest absolute Gasteiger partial charge is 0.238 e. The Morgan fingerprint density at radius 3 is 2.89 bits per heavy atom. The SMILES string of the molecule is Cl.O=C(NCc1ccc(F)cc1F)C1CSCN1. The molecule has 0 bridgehead atoms. The van der Waals surface area contributed by atoms with Gasteiger partial charge in [-0.2, -0.15) is 0 Å². The van der Waals surface area contributed by atoms with Crippen molar-refractivity contribution >= 4 is 30.1 Å². The van der Waals surface area contributed by atoms with Crippen molar-refractivity contribution in [3.05, 3.63) is 35.4 Å². The summed E-state index contributed by atoms with van der Waals surface area (Å²) in [4.78, 5) is 11.6. The lowest BCUT2D eigenvalue weighted by atomic mass is 10.2. The third kappa shape index (κ3) is 3.83. The minimum Gasteiger partial charge on any atom is -0.351 e. The Balaban J connectivity index is 0.00000162. The van der Waals surface area contributed by atoms with Gasteiger partial charge in [0.1, 0.15) is 11.6 Å². The molecule has 3 nitrogen and oxygen atoms in total. The van der Waals surface area contributed by atoms with E-state index in [4.69, 9.17) is 0 Å². The van der Waals surface area contributed by atoms with Crippen LogP contribution in [0.15, 0.2) is 18.2 Å². The summed E-state index contributed by atoms with van der Waals surface area (Å²) in [5, 5.41) is 5.64. The minimum atomic E-state index is -0.640. The number of benzene rings is 1. The van der Waals surface area contributed by atoms with Gasteiger partial charge in [-0.1, -0.05) is 6.07 Å². The molecule has 1 aliphatic heterocycles. The lowest BCUT2D eigenvalue weighted by molar-refractivity contribution is -0.122. The zero-order valence-corrected chi connectivity index (χ0v) is 11.0. The summed E-state index contributed by atoms with van der Waals surface area (Å²) in [6.07, 6.45) is 0. The standard InChI is InChI=1S/C11H12F2N2OS.ClH/c12-8-2-1-7(9(13)3-8)4-14-11(16)10-5-17-6-15-10;/h1-3,10,15H,4-6H2,(H,14,16);1H. The summed E-state index contributed by atoms with van der Waals surface area (Å²) in [5.74, 6) is 0.0602. The zero-order valence-electron chi connectivity index (χ0n) is 9.41. The number of carbonyl (C=O) groups excluding carboxylic acids is 1. The van der Waals surface area contributed by atoms with E-state index >= 15 is 0 Å². The first kappa shape index (κ1) is 15.2. The Bertz CT molecular complexity index is 428. The Kier molecular flexibility index (Phi) is 5.84. The van der Waals surface area contributed by atoms with Gasteiger partial charge in [0.05, 0.1) is 6.04 Å². The van der Waals surface area contributed by atoms with E-state index in [1.165, 1.54) is 12.1 Å². The molecule has 1 aromatic rings. The quantitative estimate of drug-likeness (QED) is 0.891. The lowest BCUT2D eigenvalue weighted by Gasteiger charge is -2.10.